The first kappa shape index (κ1) is 15.7. The maximum absolute atomic E-state index is 12.6. The lowest BCUT2D eigenvalue weighted by atomic mass is 10.1. The second-order valence-corrected chi connectivity index (χ2v) is 6.67. The van der Waals surface area contributed by atoms with Crippen molar-refractivity contribution in [2.45, 2.75) is 18.9 Å². The molecule has 1 aliphatic rings. The van der Waals surface area contributed by atoms with Crippen molar-refractivity contribution in [1.29, 1.82) is 0 Å². The van der Waals surface area contributed by atoms with E-state index in [1.165, 1.54) is 0 Å². The zero-order valence-corrected chi connectivity index (χ0v) is 12.9. The molecule has 0 bridgehead atoms. The Labute approximate surface area is 127 Å². The fraction of sp³-hybridized carbons (Fsp3) is 0.467. The molecular formula is C15H20N2O3S. The summed E-state index contributed by atoms with van der Waals surface area (Å²) in [5, 5.41) is 2.78. The van der Waals surface area contributed by atoms with Crippen molar-refractivity contribution in [3.8, 4) is 0 Å². The molecule has 1 N–H and O–H groups in total. The van der Waals surface area contributed by atoms with E-state index in [-0.39, 0.29) is 11.8 Å². The summed E-state index contributed by atoms with van der Waals surface area (Å²) >= 11 is 0. The zero-order chi connectivity index (χ0) is 15.2. The van der Waals surface area contributed by atoms with Crippen molar-refractivity contribution in [2.75, 3.05) is 25.1 Å². The Balaban J connectivity index is 2.11. The molecule has 0 radical (unpaired) electrons. The molecule has 1 aromatic rings. The van der Waals surface area contributed by atoms with Gasteiger partial charge in [-0.1, -0.05) is 30.3 Å². The van der Waals surface area contributed by atoms with Crippen molar-refractivity contribution in [3.63, 3.8) is 0 Å². The van der Waals surface area contributed by atoms with Gasteiger partial charge in [-0.05, 0) is 12.0 Å². The fourth-order valence-corrected chi connectivity index (χ4v) is 2.91. The van der Waals surface area contributed by atoms with Gasteiger partial charge in [0.2, 0.25) is 11.8 Å². The third-order valence-corrected chi connectivity index (χ3v) is 4.33. The van der Waals surface area contributed by atoms with E-state index in [1.807, 2.05) is 30.3 Å². The Morgan fingerprint density at radius 1 is 1.29 bits per heavy atom. The van der Waals surface area contributed by atoms with E-state index in [9.17, 15) is 13.8 Å². The van der Waals surface area contributed by atoms with Gasteiger partial charge in [-0.2, -0.15) is 0 Å². The molecule has 1 fully saturated rings. The maximum atomic E-state index is 12.6. The largest absolute Gasteiger partial charge is 0.340 e. The molecule has 21 heavy (non-hydrogen) atoms. The van der Waals surface area contributed by atoms with E-state index in [1.54, 1.807) is 11.2 Å². The normalized spacial score (nSPS) is 20.8. The molecule has 1 heterocycles. The maximum Gasteiger partial charge on any atom is 0.249 e. The molecule has 2 rings (SSSR count). The average Bonchev–Trinajstić information content (AvgIpc) is 2.61. The lowest BCUT2D eigenvalue weighted by Crippen LogP contribution is -2.39. The third-order valence-electron chi connectivity index (χ3n) is 3.47. The van der Waals surface area contributed by atoms with E-state index in [4.69, 9.17) is 0 Å². The molecule has 114 valence electrons. The molecule has 2 amide bonds. The molecule has 2 atom stereocenters. The minimum atomic E-state index is -0.858. The molecular weight excluding hydrogens is 288 g/mol. The Bertz CT molecular complexity index is 533. The van der Waals surface area contributed by atoms with Crippen LogP contribution in [0, 0.1) is 0 Å². The Hall–Kier alpha value is -1.69. The second-order valence-electron chi connectivity index (χ2n) is 5.12. The van der Waals surface area contributed by atoms with E-state index >= 15 is 0 Å². The molecule has 0 aromatic heterocycles. The molecule has 5 nitrogen and oxygen atoms in total. The van der Waals surface area contributed by atoms with E-state index in [2.05, 4.69) is 5.32 Å². The summed E-state index contributed by atoms with van der Waals surface area (Å²) in [5.41, 5.74) is 0.793. The standard InChI is InChI=1S/C15H20N2O3S/c1-21(20)11-5-9-17-10-8-13(18)16-14(15(17)19)12-6-3-2-4-7-12/h2-4,6-7,14H,5,8-11H2,1H3,(H,16,18). The van der Waals surface area contributed by atoms with Gasteiger partial charge in [-0.3, -0.25) is 13.8 Å². The fourth-order valence-electron chi connectivity index (χ4n) is 2.38. The predicted molar refractivity (Wildman–Crippen MR) is 82.1 cm³/mol. The molecule has 0 spiro atoms. The van der Waals surface area contributed by atoms with Gasteiger partial charge < -0.3 is 10.2 Å². The highest BCUT2D eigenvalue weighted by molar-refractivity contribution is 7.84. The molecule has 6 heteroatoms. The minimum absolute atomic E-state index is 0.0889. The van der Waals surface area contributed by atoms with Gasteiger partial charge in [-0.25, -0.2) is 0 Å². The Kier molecular flexibility index (Phi) is 5.50. The van der Waals surface area contributed by atoms with Crippen LogP contribution < -0.4 is 5.32 Å². The number of carbonyl (C=O) groups is 2. The first-order valence-electron chi connectivity index (χ1n) is 7.01. The average molecular weight is 308 g/mol. The lowest BCUT2D eigenvalue weighted by molar-refractivity contribution is -0.133. The van der Waals surface area contributed by atoms with Crippen LogP contribution in [0.2, 0.25) is 0 Å². The molecule has 0 saturated carbocycles. The van der Waals surface area contributed by atoms with Crippen molar-refractivity contribution in [1.82, 2.24) is 10.2 Å². The van der Waals surface area contributed by atoms with Crippen LogP contribution in [0.4, 0.5) is 0 Å². The van der Waals surface area contributed by atoms with E-state index in [0.717, 1.165) is 5.56 Å². The highest BCUT2D eigenvalue weighted by atomic mass is 32.2. The number of nitrogens with zero attached hydrogens (tertiary/aromatic N) is 1. The number of hydrogen-bond acceptors (Lipinski definition) is 3. The number of amides is 2. The number of hydrogen-bond donors (Lipinski definition) is 1. The SMILES string of the molecule is CS(=O)CCCN1CCC(=O)NC(c2ccccc2)C1=O. The topological polar surface area (TPSA) is 66.5 Å². The van der Waals surface area contributed by atoms with Crippen LogP contribution in [0.5, 0.6) is 0 Å². The van der Waals surface area contributed by atoms with Gasteiger partial charge in [0, 0.05) is 42.3 Å². The molecule has 1 aliphatic heterocycles. The monoisotopic (exact) mass is 308 g/mol. The summed E-state index contributed by atoms with van der Waals surface area (Å²) in [4.78, 5) is 26.1. The van der Waals surface area contributed by atoms with Crippen LogP contribution >= 0.6 is 0 Å². The van der Waals surface area contributed by atoms with E-state index in [0.29, 0.717) is 31.7 Å². The van der Waals surface area contributed by atoms with Gasteiger partial charge in [-0.15, -0.1) is 0 Å². The summed E-state index contributed by atoms with van der Waals surface area (Å²) in [6, 6.07) is 8.64. The predicted octanol–water partition coefficient (Wildman–Crippen LogP) is 0.845. The first-order valence-corrected chi connectivity index (χ1v) is 8.74. The van der Waals surface area contributed by atoms with Gasteiger partial charge in [0.1, 0.15) is 6.04 Å². The smallest absolute Gasteiger partial charge is 0.249 e. The molecule has 2 unspecified atom stereocenters. The number of nitrogens with one attached hydrogen (secondary N) is 1. The van der Waals surface area contributed by atoms with Gasteiger partial charge in [0.15, 0.2) is 0 Å². The van der Waals surface area contributed by atoms with Crippen LogP contribution in [-0.4, -0.2) is 46.0 Å². The zero-order valence-electron chi connectivity index (χ0n) is 12.1. The van der Waals surface area contributed by atoms with Crippen molar-refractivity contribution in [3.05, 3.63) is 35.9 Å². The lowest BCUT2D eigenvalue weighted by Gasteiger charge is -2.24. The summed E-state index contributed by atoms with van der Waals surface area (Å²) in [6.07, 6.45) is 2.65. The molecule has 1 aromatic carbocycles. The van der Waals surface area contributed by atoms with Crippen LogP contribution in [-0.2, 0) is 20.4 Å². The Morgan fingerprint density at radius 2 is 2.00 bits per heavy atom. The highest BCUT2D eigenvalue weighted by Gasteiger charge is 2.30. The first-order chi connectivity index (χ1) is 10.1. The van der Waals surface area contributed by atoms with Gasteiger partial charge in [0.25, 0.3) is 0 Å². The van der Waals surface area contributed by atoms with Crippen LogP contribution in [0.1, 0.15) is 24.4 Å². The third kappa shape index (κ3) is 4.39. The summed E-state index contributed by atoms with van der Waals surface area (Å²) in [7, 11) is -0.858. The minimum Gasteiger partial charge on any atom is -0.340 e. The number of carbonyl (C=O) groups excluding carboxylic acids is 2. The van der Waals surface area contributed by atoms with Crippen molar-refractivity contribution in [2.24, 2.45) is 0 Å². The number of benzene rings is 1. The van der Waals surface area contributed by atoms with Gasteiger partial charge in [0.05, 0.1) is 0 Å². The highest BCUT2D eigenvalue weighted by Crippen LogP contribution is 2.19. The van der Waals surface area contributed by atoms with Crippen LogP contribution in [0.25, 0.3) is 0 Å². The summed E-state index contributed by atoms with van der Waals surface area (Å²) < 4.78 is 11.1. The molecule has 0 aliphatic carbocycles. The molecule has 1 saturated heterocycles. The van der Waals surface area contributed by atoms with Crippen LogP contribution in [0.3, 0.4) is 0 Å². The number of rotatable bonds is 5. The van der Waals surface area contributed by atoms with Gasteiger partial charge >= 0.3 is 0 Å². The summed E-state index contributed by atoms with van der Waals surface area (Å²) in [6.45, 7) is 0.959. The van der Waals surface area contributed by atoms with Crippen molar-refractivity contribution >= 4 is 22.6 Å². The quantitative estimate of drug-likeness (QED) is 0.877. The van der Waals surface area contributed by atoms with Crippen molar-refractivity contribution < 1.29 is 13.8 Å². The van der Waals surface area contributed by atoms with Crippen LogP contribution in [0.15, 0.2) is 30.3 Å². The Morgan fingerprint density at radius 3 is 2.67 bits per heavy atom. The summed E-state index contributed by atoms with van der Waals surface area (Å²) in [5.74, 6) is 0.369. The second kappa shape index (κ2) is 7.36. The van der Waals surface area contributed by atoms with E-state index < -0.39 is 16.8 Å².